The molecule has 4 rings (SSSR count). The summed E-state index contributed by atoms with van der Waals surface area (Å²) in [6.07, 6.45) is 3.60. The summed E-state index contributed by atoms with van der Waals surface area (Å²) in [5, 5.41) is 4.03. The van der Waals surface area contributed by atoms with Crippen molar-refractivity contribution >= 4 is 48.9 Å². The van der Waals surface area contributed by atoms with Crippen molar-refractivity contribution in [3.8, 4) is 0 Å². The number of nitrogen functional groups attached to an aromatic ring is 1. The van der Waals surface area contributed by atoms with Gasteiger partial charge >= 0.3 is 0 Å². The molecule has 1 aromatic carbocycles. The van der Waals surface area contributed by atoms with Gasteiger partial charge in [0.15, 0.2) is 0 Å². The molecule has 0 aliphatic carbocycles. The van der Waals surface area contributed by atoms with Crippen molar-refractivity contribution in [1.29, 1.82) is 0 Å². The molecule has 0 saturated carbocycles. The maximum Gasteiger partial charge on any atom is 0.263 e. The van der Waals surface area contributed by atoms with E-state index in [2.05, 4.69) is 21.2 Å². The van der Waals surface area contributed by atoms with E-state index in [0.29, 0.717) is 16.7 Å². The third kappa shape index (κ3) is 2.25. The van der Waals surface area contributed by atoms with Gasteiger partial charge in [-0.3, -0.25) is 4.79 Å². The first-order valence-corrected chi connectivity index (χ1v) is 8.66. The highest BCUT2D eigenvalue weighted by Gasteiger charge is 2.41. The normalized spacial score (nSPS) is 27.4. The number of thiophene rings is 1. The number of carbonyl (C=O) groups is 1. The molecule has 1 amide bonds. The lowest BCUT2D eigenvalue weighted by molar-refractivity contribution is 0.0844. The third-order valence-corrected chi connectivity index (χ3v) is 6.00. The van der Waals surface area contributed by atoms with Crippen LogP contribution < -0.4 is 11.1 Å². The van der Waals surface area contributed by atoms with Gasteiger partial charge < -0.3 is 15.8 Å². The number of halogens is 1. The minimum Gasteiger partial charge on any atom is -0.397 e. The number of benzene rings is 1. The number of amides is 1. The van der Waals surface area contributed by atoms with Gasteiger partial charge in [0.05, 0.1) is 23.9 Å². The van der Waals surface area contributed by atoms with Crippen LogP contribution in [-0.4, -0.2) is 24.2 Å². The molecule has 3 unspecified atom stereocenters. The van der Waals surface area contributed by atoms with Crippen molar-refractivity contribution in [3.63, 3.8) is 0 Å². The quantitative estimate of drug-likeness (QED) is 0.856. The lowest BCUT2D eigenvalue weighted by Crippen LogP contribution is -2.41. The Bertz CT molecular complexity index is 730. The Morgan fingerprint density at radius 3 is 3.00 bits per heavy atom. The summed E-state index contributed by atoms with van der Waals surface area (Å²) in [4.78, 5) is 13.1. The fraction of sp³-hybridized carbons (Fsp3) is 0.400. The first-order valence-electron chi connectivity index (χ1n) is 7.05. The summed E-state index contributed by atoms with van der Waals surface area (Å²) in [5.41, 5.74) is 6.72. The maximum absolute atomic E-state index is 12.5. The zero-order chi connectivity index (χ0) is 14.6. The van der Waals surface area contributed by atoms with Gasteiger partial charge in [-0.25, -0.2) is 0 Å². The van der Waals surface area contributed by atoms with Gasteiger partial charge in [0.2, 0.25) is 0 Å². The van der Waals surface area contributed by atoms with Crippen LogP contribution in [0, 0.1) is 0 Å². The zero-order valence-electron chi connectivity index (χ0n) is 11.3. The number of nitrogens with one attached hydrogen (secondary N) is 1. The smallest absolute Gasteiger partial charge is 0.263 e. The summed E-state index contributed by atoms with van der Waals surface area (Å²) in [7, 11) is 0. The Morgan fingerprint density at radius 2 is 2.29 bits per heavy atom. The lowest BCUT2D eigenvalue weighted by Gasteiger charge is -2.19. The Kier molecular flexibility index (Phi) is 3.20. The van der Waals surface area contributed by atoms with Crippen LogP contribution >= 0.6 is 27.3 Å². The number of rotatable bonds is 2. The van der Waals surface area contributed by atoms with Gasteiger partial charge in [-0.05, 0) is 37.5 Å². The van der Waals surface area contributed by atoms with Crippen LogP contribution in [0.25, 0.3) is 10.1 Å². The van der Waals surface area contributed by atoms with E-state index in [4.69, 9.17) is 10.5 Å². The molecule has 1 aromatic heterocycles. The van der Waals surface area contributed by atoms with Gasteiger partial charge in [-0.1, -0.05) is 15.9 Å². The monoisotopic (exact) mass is 366 g/mol. The molecule has 2 saturated heterocycles. The molecule has 4 nitrogen and oxygen atoms in total. The number of fused-ring (bicyclic) bond motifs is 3. The molecule has 2 aliphatic rings. The summed E-state index contributed by atoms with van der Waals surface area (Å²) in [6, 6.07) is 6.03. The van der Waals surface area contributed by atoms with E-state index < -0.39 is 0 Å². The molecule has 2 fully saturated rings. The topological polar surface area (TPSA) is 64.4 Å². The van der Waals surface area contributed by atoms with Gasteiger partial charge in [-0.15, -0.1) is 11.3 Å². The first kappa shape index (κ1) is 13.5. The van der Waals surface area contributed by atoms with Gasteiger partial charge in [0, 0.05) is 14.6 Å². The van der Waals surface area contributed by atoms with Gasteiger partial charge in [0.1, 0.15) is 4.88 Å². The summed E-state index contributed by atoms with van der Waals surface area (Å²) < 4.78 is 7.78. The van der Waals surface area contributed by atoms with Crippen molar-refractivity contribution < 1.29 is 9.53 Å². The van der Waals surface area contributed by atoms with Crippen molar-refractivity contribution in [2.75, 3.05) is 5.73 Å². The number of carbonyl (C=O) groups excluding carboxylic acids is 1. The Balaban J connectivity index is 1.61. The van der Waals surface area contributed by atoms with E-state index in [-0.39, 0.29) is 18.1 Å². The molecule has 2 aromatic rings. The van der Waals surface area contributed by atoms with Gasteiger partial charge in [0.25, 0.3) is 5.91 Å². The van der Waals surface area contributed by atoms with Crippen molar-refractivity contribution in [2.45, 2.75) is 37.5 Å². The van der Waals surface area contributed by atoms with Crippen LogP contribution in [0.1, 0.15) is 28.9 Å². The van der Waals surface area contributed by atoms with Crippen molar-refractivity contribution in [1.82, 2.24) is 5.32 Å². The van der Waals surface area contributed by atoms with E-state index in [1.165, 1.54) is 11.3 Å². The largest absolute Gasteiger partial charge is 0.397 e. The predicted molar refractivity (Wildman–Crippen MR) is 87.7 cm³/mol. The molecule has 2 aliphatic heterocycles. The van der Waals surface area contributed by atoms with Crippen LogP contribution in [-0.2, 0) is 4.74 Å². The standard InChI is InChI=1S/C15H15BrN2O2S/c16-7-1-4-12-9(5-7)13(17)14(21-12)15(19)18-10-6-8-2-3-11(10)20-8/h1,4-5,8,10-11H,2-3,6,17H2,(H,18,19). The molecule has 2 bridgehead atoms. The SMILES string of the molecule is Nc1c(C(=O)NC2CC3CCC2O3)sc2ccc(Br)cc12. The number of hydrogen-bond acceptors (Lipinski definition) is 4. The molecule has 0 spiro atoms. The Hall–Kier alpha value is -1.11. The third-order valence-electron chi connectivity index (χ3n) is 4.32. The fourth-order valence-electron chi connectivity index (χ4n) is 3.28. The van der Waals surface area contributed by atoms with E-state index in [1.54, 1.807) is 0 Å². The molecule has 6 heteroatoms. The van der Waals surface area contributed by atoms with E-state index >= 15 is 0 Å². The molecule has 21 heavy (non-hydrogen) atoms. The molecular weight excluding hydrogens is 352 g/mol. The minimum atomic E-state index is -0.0778. The molecule has 3 N–H and O–H groups in total. The fourth-order valence-corrected chi connectivity index (χ4v) is 4.65. The number of nitrogens with two attached hydrogens (primary N) is 1. The number of hydrogen-bond donors (Lipinski definition) is 2. The zero-order valence-corrected chi connectivity index (χ0v) is 13.7. The highest BCUT2D eigenvalue weighted by Crippen LogP contribution is 2.37. The van der Waals surface area contributed by atoms with Crippen LogP contribution in [0.15, 0.2) is 22.7 Å². The number of anilines is 1. The molecule has 3 heterocycles. The summed E-state index contributed by atoms with van der Waals surface area (Å²) in [5.74, 6) is -0.0778. The molecule has 110 valence electrons. The van der Waals surface area contributed by atoms with E-state index in [1.807, 2.05) is 18.2 Å². The van der Waals surface area contributed by atoms with Crippen LogP contribution in [0.3, 0.4) is 0 Å². The average Bonchev–Trinajstić information content (AvgIpc) is 3.14. The first-order chi connectivity index (χ1) is 10.1. The minimum absolute atomic E-state index is 0.0778. The Morgan fingerprint density at radius 1 is 1.43 bits per heavy atom. The molecule has 0 radical (unpaired) electrons. The predicted octanol–water partition coefficient (Wildman–Crippen LogP) is 3.30. The van der Waals surface area contributed by atoms with Crippen LogP contribution in [0.5, 0.6) is 0 Å². The maximum atomic E-state index is 12.5. The van der Waals surface area contributed by atoms with Crippen molar-refractivity contribution in [3.05, 3.63) is 27.5 Å². The highest BCUT2D eigenvalue weighted by atomic mass is 79.9. The summed E-state index contributed by atoms with van der Waals surface area (Å²) >= 11 is 4.88. The van der Waals surface area contributed by atoms with Crippen molar-refractivity contribution in [2.24, 2.45) is 0 Å². The number of ether oxygens (including phenoxy) is 1. The Labute approximate surface area is 134 Å². The highest BCUT2D eigenvalue weighted by molar-refractivity contribution is 9.10. The second kappa shape index (κ2) is 4.97. The second-order valence-corrected chi connectivity index (χ2v) is 7.64. The molecule has 3 atom stereocenters. The van der Waals surface area contributed by atoms with E-state index in [0.717, 1.165) is 33.8 Å². The van der Waals surface area contributed by atoms with Gasteiger partial charge in [-0.2, -0.15) is 0 Å². The summed E-state index contributed by atoms with van der Waals surface area (Å²) in [6.45, 7) is 0. The van der Waals surface area contributed by atoms with Crippen LogP contribution in [0.4, 0.5) is 5.69 Å². The average molecular weight is 367 g/mol. The molecular formula is C15H15BrN2O2S. The second-order valence-electron chi connectivity index (χ2n) is 5.67. The van der Waals surface area contributed by atoms with E-state index in [9.17, 15) is 4.79 Å². The van der Waals surface area contributed by atoms with Crippen LogP contribution in [0.2, 0.25) is 0 Å². The lowest BCUT2D eigenvalue weighted by atomic mass is 9.95.